The Bertz CT molecular complexity index is 673. The van der Waals surface area contributed by atoms with Crippen molar-refractivity contribution in [2.24, 2.45) is 0 Å². The molecule has 0 fully saturated rings. The van der Waals surface area contributed by atoms with E-state index >= 15 is 0 Å². The minimum Gasteiger partial charge on any atom is -0.493 e. The topological polar surface area (TPSA) is 81.5 Å². The maximum atomic E-state index is 11.8. The highest BCUT2D eigenvalue weighted by atomic mass is 35.5. The predicted molar refractivity (Wildman–Crippen MR) is 83.3 cm³/mol. The molecule has 0 aliphatic heterocycles. The Labute approximate surface area is 131 Å². The molecule has 0 saturated heterocycles. The van der Waals surface area contributed by atoms with E-state index in [1.165, 1.54) is 18.2 Å². The highest BCUT2D eigenvalue weighted by molar-refractivity contribution is 6.30. The highest BCUT2D eigenvalue weighted by Gasteiger charge is 2.08. The summed E-state index contributed by atoms with van der Waals surface area (Å²) >= 11 is 5.75. The Balaban J connectivity index is 1.81. The first-order valence-corrected chi connectivity index (χ1v) is 6.85. The first kappa shape index (κ1) is 15.8. The Morgan fingerprint density at radius 2 is 1.95 bits per heavy atom. The van der Waals surface area contributed by atoms with E-state index < -0.39 is 4.92 Å². The quantitative estimate of drug-likeness (QED) is 0.650. The molecule has 2 rings (SSSR count). The molecule has 1 amide bonds. The van der Waals surface area contributed by atoms with E-state index in [0.717, 1.165) is 0 Å². The fourth-order valence-corrected chi connectivity index (χ4v) is 1.84. The first-order chi connectivity index (χ1) is 10.5. The van der Waals surface area contributed by atoms with E-state index in [2.05, 4.69) is 5.32 Å². The molecule has 114 valence electrons. The summed E-state index contributed by atoms with van der Waals surface area (Å²) in [5.41, 5.74) is 0.306. The van der Waals surface area contributed by atoms with Crippen LogP contribution in [-0.4, -0.2) is 17.4 Å². The molecule has 0 aliphatic rings. The van der Waals surface area contributed by atoms with Crippen molar-refractivity contribution in [1.29, 1.82) is 0 Å². The average Bonchev–Trinajstić information content (AvgIpc) is 2.49. The van der Waals surface area contributed by atoms with Crippen LogP contribution < -0.4 is 10.1 Å². The molecule has 6 nitrogen and oxygen atoms in total. The maximum Gasteiger partial charge on any atom is 0.271 e. The van der Waals surface area contributed by atoms with Crippen LogP contribution in [0.15, 0.2) is 48.5 Å². The van der Waals surface area contributed by atoms with Crippen LogP contribution in [0.1, 0.15) is 6.42 Å². The standard InChI is InChI=1S/C15H13ClN2O4/c16-11-4-6-14(7-5-11)22-9-8-15(19)17-12-2-1-3-13(10-12)18(20)21/h1-7,10H,8-9H2,(H,17,19). The van der Waals surface area contributed by atoms with E-state index in [4.69, 9.17) is 16.3 Å². The number of nitro benzene ring substituents is 1. The average molecular weight is 321 g/mol. The molecule has 0 spiro atoms. The molecule has 0 aromatic heterocycles. The van der Waals surface area contributed by atoms with E-state index in [-0.39, 0.29) is 24.6 Å². The van der Waals surface area contributed by atoms with Gasteiger partial charge in [-0.1, -0.05) is 17.7 Å². The van der Waals surface area contributed by atoms with Gasteiger partial charge in [-0.3, -0.25) is 14.9 Å². The number of halogens is 1. The number of hydrogen-bond donors (Lipinski definition) is 1. The third-order valence-corrected chi connectivity index (χ3v) is 3.00. The van der Waals surface area contributed by atoms with E-state index in [1.807, 2.05) is 0 Å². The lowest BCUT2D eigenvalue weighted by Gasteiger charge is -2.07. The van der Waals surface area contributed by atoms with Crippen LogP contribution in [-0.2, 0) is 4.79 Å². The largest absolute Gasteiger partial charge is 0.493 e. The third kappa shape index (κ3) is 4.75. The van der Waals surface area contributed by atoms with Crippen molar-refractivity contribution < 1.29 is 14.5 Å². The number of benzene rings is 2. The Morgan fingerprint density at radius 3 is 2.64 bits per heavy atom. The van der Waals surface area contributed by atoms with Crippen LogP contribution >= 0.6 is 11.6 Å². The summed E-state index contributed by atoms with van der Waals surface area (Å²) in [6.07, 6.45) is 0.130. The number of anilines is 1. The molecule has 0 saturated carbocycles. The number of amides is 1. The van der Waals surface area contributed by atoms with Crippen molar-refractivity contribution in [3.05, 3.63) is 63.7 Å². The van der Waals surface area contributed by atoms with Crippen molar-refractivity contribution >= 4 is 28.9 Å². The van der Waals surface area contributed by atoms with Crippen molar-refractivity contribution in [1.82, 2.24) is 0 Å². The van der Waals surface area contributed by atoms with Crippen molar-refractivity contribution in [3.63, 3.8) is 0 Å². The fraction of sp³-hybridized carbons (Fsp3) is 0.133. The number of ether oxygens (including phenoxy) is 1. The molecule has 0 heterocycles. The highest BCUT2D eigenvalue weighted by Crippen LogP contribution is 2.18. The molecular weight excluding hydrogens is 308 g/mol. The van der Waals surface area contributed by atoms with Crippen LogP contribution in [0.3, 0.4) is 0 Å². The first-order valence-electron chi connectivity index (χ1n) is 6.47. The van der Waals surface area contributed by atoms with E-state index in [9.17, 15) is 14.9 Å². The molecule has 0 atom stereocenters. The fourth-order valence-electron chi connectivity index (χ4n) is 1.71. The van der Waals surface area contributed by atoms with Gasteiger partial charge in [-0.15, -0.1) is 0 Å². The number of rotatable bonds is 6. The molecule has 0 unspecified atom stereocenters. The second kappa shape index (κ2) is 7.42. The minimum atomic E-state index is -0.515. The number of carbonyl (C=O) groups excluding carboxylic acids is 1. The van der Waals surface area contributed by atoms with Crippen LogP contribution in [0.25, 0.3) is 0 Å². The number of carbonyl (C=O) groups is 1. The van der Waals surface area contributed by atoms with Gasteiger partial charge in [0.1, 0.15) is 5.75 Å². The second-order valence-electron chi connectivity index (χ2n) is 4.41. The molecule has 2 aromatic rings. The Morgan fingerprint density at radius 1 is 1.23 bits per heavy atom. The molecule has 22 heavy (non-hydrogen) atoms. The zero-order valence-corrected chi connectivity index (χ0v) is 12.2. The summed E-state index contributed by atoms with van der Waals surface area (Å²) in [6, 6.07) is 12.6. The van der Waals surface area contributed by atoms with Crippen LogP contribution in [0, 0.1) is 10.1 Å². The number of nitrogens with one attached hydrogen (secondary N) is 1. The van der Waals surface area contributed by atoms with Gasteiger partial charge in [0, 0.05) is 22.8 Å². The molecule has 0 aliphatic carbocycles. The van der Waals surface area contributed by atoms with E-state index in [1.54, 1.807) is 30.3 Å². The van der Waals surface area contributed by atoms with E-state index in [0.29, 0.717) is 16.5 Å². The summed E-state index contributed by atoms with van der Waals surface area (Å²) in [5.74, 6) is 0.335. The predicted octanol–water partition coefficient (Wildman–Crippen LogP) is 3.66. The summed E-state index contributed by atoms with van der Waals surface area (Å²) in [6.45, 7) is 0.197. The molecule has 7 heteroatoms. The lowest BCUT2D eigenvalue weighted by Crippen LogP contribution is -2.15. The van der Waals surface area contributed by atoms with Crippen LogP contribution in [0.2, 0.25) is 5.02 Å². The number of non-ortho nitro benzene ring substituents is 1. The monoisotopic (exact) mass is 320 g/mol. The molecular formula is C15H13ClN2O4. The Kier molecular flexibility index (Phi) is 5.32. The number of nitro groups is 1. The van der Waals surface area contributed by atoms with Gasteiger partial charge in [0.2, 0.25) is 5.91 Å². The van der Waals surface area contributed by atoms with Crippen LogP contribution in [0.5, 0.6) is 5.75 Å². The van der Waals surface area contributed by atoms with Gasteiger partial charge in [0.15, 0.2) is 0 Å². The Hall–Kier alpha value is -2.60. The van der Waals surface area contributed by atoms with Gasteiger partial charge in [0.05, 0.1) is 18.0 Å². The van der Waals surface area contributed by atoms with Gasteiger partial charge < -0.3 is 10.1 Å². The normalized spacial score (nSPS) is 10.0. The SMILES string of the molecule is O=C(CCOc1ccc(Cl)cc1)Nc1cccc([N+](=O)[O-])c1. The van der Waals surface area contributed by atoms with Crippen molar-refractivity contribution in [2.45, 2.75) is 6.42 Å². The lowest BCUT2D eigenvalue weighted by molar-refractivity contribution is -0.384. The summed E-state index contributed by atoms with van der Waals surface area (Å²) < 4.78 is 5.40. The summed E-state index contributed by atoms with van der Waals surface area (Å²) in [4.78, 5) is 21.9. The third-order valence-electron chi connectivity index (χ3n) is 2.75. The van der Waals surface area contributed by atoms with Gasteiger partial charge >= 0.3 is 0 Å². The zero-order valence-electron chi connectivity index (χ0n) is 11.5. The smallest absolute Gasteiger partial charge is 0.271 e. The lowest BCUT2D eigenvalue weighted by atomic mass is 10.2. The molecule has 0 radical (unpaired) electrons. The molecule has 2 aromatic carbocycles. The number of hydrogen-bond acceptors (Lipinski definition) is 4. The summed E-state index contributed by atoms with van der Waals surface area (Å²) in [5, 5.41) is 13.9. The molecule has 1 N–H and O–H groups in total. The number of nitrogens with zero attached hydrogens (tertiary/aromatic N) is 1. The van der Waals surface area contributed by atoms with Gasteiger partial charge in [0.25, 0.3) is 5.69 Å². The van der Waals surface area contributed by atoms with Crippen molar-refractivity contribution in [3.8, 4) is 5.75 Å². The minimum absolute atomic E-state index is 0.0739. The summed E-state index contributed by atoms with van der Waals surface area (Å²) in [7, 11) is 0. The maximum absolute atomic E-state index is 11.8. The molecule has 0 bridgehead atoms. The zero-order chi connectivity index (χ0) is 15.9. The second-order valence-corrected chi connectivity index (χ2v) is 4.84. The van der Waals surface area contributed by atoms with Crippen LogP contribution in [0.4, 0.5) is 11.4 Å². The van der Waals surface area contributed by atoms with Gasteiger partial charge in [-0.25, -0.2) is 0 Å². The van der Waals surface area contributed by atoms with Gasteiger partial charge in [-0.05, 0) is 30.3 Å². The van der Waals surface area contributed by atoms with Crippen molar-refractivity contribution in [2.75, 3.05) is 11.9 Å². The van der Waals surface area contributed by atoms with Gasteiger partial charge in [-0.2, -0.15) is 0 Å².